The number of aromatic nitrogens is 2. The lowest BCUT2D eigenvalue weighted by Crippen LogP contribution is -2.38. The number of aryl methyl sites for hydroxylation is 1. The molecule has 4 nitrogen and oxygen atoms in total. The van der Waals surface area contributed by atoms with Gasteiger partial charge in [0.15, 0.2) is 0 Å². The van der Waals surface area contributed by atoms with E-state index in [-0.39, 0.29) is 0 Å². The maximum Gasteiger partial charge on any atom is 0.122 e. The van der Waals surface area contributed by atoms with Crippen LogP contribution in [0.25, 0.3) is 0 Å². The molecular weight excluding hydrogens is 190 g/mol. The van der Waals surface area contributed by atoms with Gasteiger partial charge in [-0.25, -0.2) is 4.98 Å². The molecule has 2 heterocycles. The van der Waals surface area contributed by atoms with E-state index >= 15 is 0 Å². The Balaban J connectivity index is 1.80. The highest BCUT2D eigenvalue weighted by atomic mass is 16.5. The van der Waals surface area contributed by atoms with Gasteiger partial charge in [0.2, 0.25) is 0 Å². The molecule has 0 aromatic carbocycles. The van der Waals surface area contributed by atoms with Crippen LogP contribution in [-0.4, -0.2) is 28.3 Å². The average Bonchev–Trinajstić information content (AvgIpc) is 2.61. The Morgan fingerprint density at radius 3 is 3.20 bits per heavy atom. The zero-order valence-corrected chi connectivity index (χ0v) is 9.44. The molecule has 0 radical (unpaired) electrons. The highest BCUT2D eigenvalue weighted by Crippen LogP contribution is 2.13. The topological polar surface area (TPSA) is 39.1 Å². The van der Waals surface area contributed by atoms with Crippen molar-refractivity contribution in [3.8, 4) is 0 Å². The van der Waals surface area contributed by atoms with E-state index in [2.05, 4.69) is 21.8 Å². The first kappa shape index (κ1) is 10.6. The second-order valence-electron chi connectivity index (χ2n) is 4.24. The number of nitrogens with one attached hydrogen (secondary N) is 1. The van der Waals surface area contributed by atoms with Crippen LogP contribution in [-0.2, 0) is 18.3 Å². The van der Waals surface area contributed by atoms with Gasteiger partial charge in [-0.05, 0) is 19.8 Å². The summed E-state index contributed by atoms with van der Waals surface area (Å²) < 4.78 is 7.56. The van der Waals surface area contributed by atoms with Crippen molar-refractivity contribution in [2.24, 2.45) is 7.05 Å². The normalized spacial score (nSPS) is 26.8. The summed E-state index contributed by atoms with van der Waals surface area (Å²) in [5.41, 5.74) is 0. The van der Waals surface area contributed by atoms with Crippen LogP contribution in [0.15, 0.2) is 12.4 Å². The summed E-state index contributed by atoms with van der Waals surface area (Å²) >= 11 is 0. The Hall–Kier alpha value is -0.870. The van der Waals surface area contributed by atoms with Crippen LogP contribution in [0.2, 0.25) is 0 Å². The van der Waals surface area contributed by atoms with E-state index in [9.17, 15) is 0 Å². The summed E-state index contributed by atoms with van der Waals surface area (Å²) in [6, 6.07) is 0.574. The Morgan fingerprint density at radius 2 is 2.53 bits per heavy atom. The molecule has 15 heavy (non-hydrogen) atoms. The van der Waals surface area contributed by atoms with E-state index in [1.165, 1.54) is 0 Å². The lowest BCUT2D eigenvalue weighted by molar-refractivity contribution is 0.0129. The second kappa shape index (κ2) is 4.77. The first-order valence-corrected chi connectivity index (χ1v) is 5.57. The van der Waals surface area contributed by atoms with E-state index in [1.54, 1.807) is 0 Å². The molecule has 0 aliphatic carbocycles. The highest BCUT2D eigenvalue weighted by molar-refractivity contribution is 4.91. The SMILES string of the molecule is CC1CC(NCc2nccn2C)CCO1. The lowest BCUT2D eigenvalue weighted by atomic mass is 10.0. The van der Waals surface area contributed by atoms with E-state index in [0.717, 1.165) is 31.8 Å². The molecule has 0 bridgehead atoms. The van der Waals surface area contributed by atoms with Crippen molar-refractivity contribution in [2.45, 2.75) is 38.5 Å². The fourth-order valence-electron chi connectivity index (χ4n) is 1.99. The van der Waals surface area contributed by atoms with E-state index < -0.39 is 0 Å². The number of rotatable bonds is 3. The quantitative estimate of drug-likeness (QED) is 0.809. The van der Waals surface area contributed by atoms with Gasteiger partial charge in [-0.1, -0.05) is 0 Å². The summed E-state index contributed by atoms with van der Waals surface area (Å²) in [4.78, 5) is 4.29. The molecule has 0 spiro atoms. The zero-order chi connectivity index (χ0) is 10.7. The van der Waals surface area contributed by atoms with Crippen molar-refractivity contribution < 1.29 is 4.74 Å². The summed E-state index contributed by atoms with van der Waals surface area (Å²) in [6.07, 6.45) is 6.41. The molecule has 84 valence electrons. The van der Waals surface area contributed by atoms with Gasteiger partial charge >= 0.3 is 0 Å². The van der Waals surface area contributed by atoms with Crippen LogP contribution in [0, 0.1) is 0 Å². The fraction of sp³-hybridized carbons (Fsp3) is 0.727. The summed E-state index contributed by atoms with van der Waals surface area (Å²) in [7, 11) is 2.02. The van der Waals surface area contributed by atoms with Crippen molar-refractivity contribution >= 4 is 0 Å². The van der Waals surface area contributed by atoms with Gasteiger partial charge in [-0.2, -0.15) is 0 Å². The number of ether oxygens (including phenoxy) is 1. The third kappa shape index (κ3) is 2.79. The van der Waals surface area contributed by atoms with Gasteiger partial charge in [0.25, 0.3) is 0 Å². The van der Waals surface area contributed by atoms with Crippen LogP contribution in [0.5, 0.6) is 0 Å². The van der Waals surface area contributed by atoms with Crippen molar-refractivity contribution in [3.05, 3.63) is 18.2 Å². The Morgan fingerprint density at radius 1 is 1.67 bits per heavy atom. The second-order valence-corrected chi connectivity index (χ2v) is 4.24. The van der Waals surface area contributed by atoms with E-state index in [0.29, 0.717) is 12.1 Å². The standard InChI is InChI=1S/C11H19N3O/c1-9-7-10(3-6-15-9)13-8-11-12-4-5-14(11)2/h4-5,9-10,13H,3,6-8H2,1-2H3. The number of hydrogen-bond acceptors (Lipinski definition) is 3. The summed E-state index contributed by atoms with van der Waals surface area (Å²) in [6.45, 7) is 3.86. The molecule has 1 fully saturated rings. The largest absolute Gasteiger partial charge is 0.378 e. The molecule has 2 atom stereocenters. The predicted molar refractivity (Wildman–Crippen MR) is 58.5 cm³/mol. The molecule has 0 amide bonds. The van der Waals surface area contributed by atoms with Crippen molar-refractivity contribution in [1.29, 1.82) is 0 Å². The molecule has 1 N–H and O–H groups in total. The molecule has 1 aromatic rings. The van der Waals surface area contributed by atoms with Crippen LogP contribution in [0.3, 0.4) is 0 Å². The van der Waals surface area contributed by atoms with E-state index in [1.807, 2.05) is 19.4 Å². The van der Waals surface area contributed by atoms with Crippen LogP contribution in [0.1, 0.15) is 25.6 Å². The minimum Gasteiger partial charge on any atom is -0.378 e. The van der Waals surface area contributed by atoms with Gasteiger partial charge in [0.05, 0.1) is 12.6 Å². The fourth-order valence-corrected chi connectivity index (χ4v) is 1.99. The van der Waals surface area contributed by atoms with Crippen molar-refractivity contribution in [2.75, 3.05) is 6.61 Å². The molecule has 1 saturated heterocycles. The summed E-state index contributed by atoms with van der Waals surface area (Å²) in [5.74, 6) is 1.09. The number of nitrogens with zero attached hydrogens (tertiary/aromatic N) is 2. The average molecular weight is 209 g/mol. The molecule has 1 aliphatic heterocycles. The van der Waals surface area contributed by atoms with Crippen molar-refractivity contribution in [1.82, 2.24) is 14.9 Å². The number of imidazole rings is 1. The first-order chi connectivity index (χ1) is 7.25. The lowest BCUT2D eigenvalue weighted by Gasteiger charge is -2.27. The molecule has 1 aliphatic rings. The third-order valence-electron chi connectivity index (χ3n) is 2.95. The molecule has 0 saturated carbocycles. The van der Waals surface area contributed by atoms with Gasteiger partial charge < -0.3 is 14.6 Å². The minimum absolute atomic E-state index is 0.387. The molecule has 2 unspecified atom stereocenters. The van der Waals surface area contributed by atoms with Gasteiger partial charge in [-0.3, -0.25) is 0 Å². The van der Waals surface area contributed by atoms with E-state index in [4.69, 9.17) is 4.74 Å². The Kier molecular flexibility index (Phi) is 3.38. The number of hydrogen-bond donors (Lipinski definition) is 1. The molecular formula is C11H19N3O. The zero-order valence-electron chi connectivity index (χ0n) is 9.44. The monoisotopic (exact) mass is 209 g/mol. The van der Waals surface area contributed by atoms with Crippen molar-refractivity contribution in [3.63, 3.8) is 0 Å². The van der Waals surface area contributed by atoms with Crippen LogP contribution < -0.4 is 5.32 Å². The third-order valence-corrected chi connectivity index (χ3v) is 2.95. The molecule has 1 aromatic heterocycles. The van der Waals surface area contributed by atoms with Crippen LogP contribution in [0.4, 0.5) is 0 Å². The minimum atomic E-state index is 0.387. The maximum atomic E-state index is 5.51. The summed E-state index contributed by atoms with van der Waals surface area (Å²) in [5, 5.41) is 3.53. The van der Waals surface area contributed by atoms with Crippen LogP contribution >= 0.6 is 0 Å². The van der Waals surface area contributed by atoms with Gasteiger partial charge in [0.1, 0.15) is 5.82 Å². The molecule has 4 heteroatoms. The molecule has 2 rings (SSSR count). The first-order valence-electron chi connectivity index (χ1n) is 5.57. The van der Waals surface area contributed by atoms with Gasteiger partial charge in [0, 0.05) is 32.1 Å². The Labute approximate surface area is 90.6 Å². The maximum absolute atomic E-state index is 5.51. The predicted octanol–water partition coefficient (Wildman–Crippen LogP) is 1.08. The Bertz CT molecular complexity index is 311. The smallest absolute Gasteiger partial charge is 0.122 e. The highest BCUT2D eigenvalue weighted by Gasteiger charge is 2.18. The van der Waals surface area contributed by atoms with Gasteiger partial charge in [-0.15, -0.1) is 0 Å².